The molecule has 0 fully saturated rings. The Kier molecular flexibility index (Phi) is 5.51. The SMILES string of the molecule is CC(C)N(C(=O)CO[C@@H](C)C(=O)O)c1ccccc1. The monoisotopic (exact) mass is 265 g/mol. The zero-order valence-corrected chi connectivity index (χ0v) is 11.4. The lowest BCUT2D eigenvalue weighted by atomic mass is 10.2. The molecule has 1 aromatic carbocycles. The zero-order valence-electron chi connectivity index (χ0n) is 11.4. The Balaban J connectivity index is 2.73. The molecule has 0 saturated heterocycles. The number of para-hydroxylation sites is 1. The summed E-state index contributed by atoms with van der Waals surface area (Å²) in [6.07, 6.45) is -0.992. The first-order valence-electron chi connectivity index (χ1n) is 6.15. The first kappa shape index (κ1) is 15.2. The summed E-state index contributed by atoms with van der Waals surface area (Å²) < 4.78 is 5.03. The minimum atomic E-state index is -1.08. The summed E-state index contributed by atoms with van der Waals surface area (Å²) >= 11 is 0. The normalized spacial score (nSPS) is 12.2. The van der Waals surface area contributed by atoms with Crippen LogP contribution in [0.5, 0.6) is 0 Å². The molecule has 0 aromatic heterocycles. The van der Waals surface area contributed by atoms with Crippen molar-refractivity contribution in [3.05, 3.63) is 30.3 Å². The summed E-state index contributed by atoms with van der Waals surface area (Å²) in [6.45, 7) is 4.94. The maximum Gasteiger partial charge on any atom is 0.332 e. The van der Waals surface area contributed by atoms with Gasteiger partial charge in [0.1, 0.15) is 6.61 Å². The van der Waals surface area contributed by atoms with Crippen molar-refractivity contribution < 1.29 is 19.4 Å². The van der Waals surface area contributed by atoms with Crippen LogP contribution >= 0.6 is 0 Å². The molecule has 0 radical (unpaired) electrons. The molecule has 1 amide bonds. The molecule has 0 aliphatic carbocycles. The van der Waals surface area contributed by atoms with Crippen LogP contribution in [0.4, 0.5) is 5.69 Å². The number of carboxylic acid groups (broad SMARTS) is 1. The van der Waals surface area contributed by atoms with Crippen molar-refractivity contribution in [1.29, 1.82) is 0 Å². The van der Waals surface area contributed by atoms with Crippen molar-refractivity contribution in [3.63, 3.8) is 0 Å². The van der Waals surface area contributed by atoms with Crippen molar-refractivity contribution >= 4 is 17.6 Å². The second-order valence-electron chi connectivity index (χ2n) is 4.48. The van der Waals surface area contributed by atoms with Crippen molar-refractivity contribution in [1.82, 2.24) is 0 Å². The fraction of sp³-hybridized carbons (Fsp3) is 0.429. The predicted molar refractivity (Wildman–Crippen MR) is 72.1 cm³/mol. The molecule has 0 saturated carbocycles. The highest BCUT2D eigenvalue weighted by Crippen LogP contribution is 2.16. The number of ether oxygens (including phenoxy) is 1. The number of benzene rings is 1. The number of amides is 1. The number of carbonyl (C=O) groups excluding carboxylic acids is 1. The maximum atomic E-state index is 12.1. The van der Waals surface area contributed by atoms with Crippen LogP contribution in [0.2, 0.25) is 0 Å². The molecule has 0 heterocycles. The third-order valence-electron chi connectivity index (χ3n) is 2.62. The minimum Gasteiger partial charge on any atom is -0.479 e. The van der Waals surface area contributed by atoms with Crippen molar-refractivity contribution in [2.75, 3.05) is 11.5 Å². The van der Waals surface area contributed by atoms with E-state index in [1.165, 1.54) is 6.92 Å². The Labute approximate surface area is 112 Å². The van der Waals surface area contributed by atoms with E-state index in [0.717, 1.165) is 5.69 Å². The van der Waals surface area contributed by atoms with Crippen molar-refractivity contribution in [3.8, 4) is 0 Å². The average Bonchev–Trinajstić information content (AvgIpc) is 2.36. The molecule has 0 unspecified atom stereocenters. The van der Waals surface area contributed by atoms with Gasteiger partial charge in [-0.05, 0) is 32.9 Å². The lowest BCUT2D eigenvalue weighted by molar-refractivity contribution is -0.150. The van der Waals surface area contributed by atoms with Crippen LogP contribution in [0.15, 0.2) is 30.3 Å². The van der Waals surface area contributed by atoms with Gasteiger partial charge < -0.3 is 14.7 Å². The molecule has 1 rings (SSSR count). The van der Waals surface area contributed by atoms with Gasteiger partial charge in [0.15, 0.2) is 6.10 Å². The lowest BCUT2D eigenvalue weighted by Crippen LogP contribution is -2.40. The molecular formula is C14H19NO4. The molecule has 1 aromatic rings. The van der Waals surface area contributed by atoms with Crippen molar-refractivity contribution in [2.45, 2.75) is 32.9 Å². The van der Waals surface area contributed by atoms with Gasteiger partial charge in [0.05, 0.1) is 0 Å². The highest BCUT2D eigenvalue weighted by atomic mass is 16.5. The third-order valence-corrected chi connectivity index (χ3v) is 2.62. The standard InChI is InChI=1S/C14H19NO4/c1-10(2)15(12-7-5-4-6-8-12)13(16)9-19-11(3)14(17)18/h4-8,10-11H,9H2,1-3H3,(H,17,18)/t11-/m0/s1. The highest BCUT2D eigenvalue weighted by molar-refractivity contribution is 5.94. The predicted octanol–water partition coefficient (Wildman–Crippen LogP) is 1.92. The average molecular weight is 265 g/mol. The summed E-state index contributed by atoms with van der Waals surface area (Å²) in [6, 6.07) is 9.20. The van der Waals surface area contributed by atoms with E-state index in [4.69, 9.17) is 9.84 Å². The Morgan fingerprint density at radius 3 is 2.26 bits per heavy atom. The number of carbonyl (C=O) groups is 2. The molecule has 19 heavy (non-hydrogen) atoms. The first-order chi connectivity index (χ1) is 8.93. The van der Waals surface area contributed by atoms with Gasteiger partial charge >= 0.3 is 5.97 Å². The molecule has 5 heteroatoms. The fourth-order valence-corrected chi connectivity index (χ4v) is 1.66. The fourth-order valence-electron chi connectivity index (χ4n) is 1.66. The van der Waals surface area contributed by atoms with E-state index in [1.54, 1.807) is 4.90 Å². The van der Waals surface area contributed by atoms with Gasteiger partial charge in [-0.25, -0.2) is 4.79 Å². The number of rotatable bonds is 6. The molecule has 1 N–H and O–H groups in total. The van der Waals surface area contributed by atoms with Crippen molar-refractivity contribution in [2.24, 2.45) is 0 Å². The lowest BCUT2D eigenvalue weighted by Gasteiger charge is -2.27. The summed E-state index contributed by atoms with van der Waals surface area (Å²) in [5.41, 5.74) is 0.772. The number of nitrogens with zero attached hydrogens (tertiary/aromatic N) is 1. The van der Waals surface area contributed by atoms with E-state index in [-0.39, 0.29) is 18.6 Å². The number of anilines is 1. The number of hydrogen-bond donors (Lipinski definition) is 1. The molecule has 0 aliphatic rings. The van der Waals surface area contributed by atoms with E-state index in [0.29, 0.717) is 0 Å². The second-order valence-corrected chi connectivity index (χ2v) is 4.48. The van der Waals surface area contributed by atoms with Crippen LogP contribution in [0.25, 0.3) is 0 Å². The van der Waals surface area contributed by atoms with E-state index >= 15 is 0 Å². The quantitative estimate of drug-likeness (QED) is 0.853. The highest BCUT2D eigenvalue weighted by Gasteiger charge is 2.21. The zero-order chi connectivity index (χ0) is 14.4. The molecule has 1 atom stereocenters. The first-order valence-corrected chi connectivity index (χ1v) is 6.15. The molecule has 0 spiro atoms. The molecule has 104 valence electrons. The van der Waals surface area contributed by atoms with Crippen LogP contribution < -0.4 is 4.90 Å². The summed E-state index contributed by atoms with van der Waals surface area (Å²) in [4.78, 5) is 24.3. The molecule has 5 nitrogen and oxygen atoms in total. The minimum absolute atomic E-state index is 0.0290. The number of carboxylic acids is 1. The summed E-state index contributed by atoms with van der Waals surface area (Å²) in [5, 5.41) is 8.71. The van der Waals surface area contributed by atoms with Gasteiger partial charge in [-0.2, -0.15) is 0 Å². The van der Waals surface area contributed by atoms with Gasteiger partial charge in [0.25, 0.3) is 5.91 Å². The summed E-state index contributed by atoms with van der Waals surface area (Å²) in [5.74, 6) is -1.34. The van der Waals surface area contributed by atoms with Gasteiger partial charge in [-0.15, -0.1) is 0 Å². The van der Waals surface area contributed by atoms with E-state index in [2.05, 4.69) is 0 Å². The van der Waals surface area contributed by atoms with Crippen LogP contribution in [-0.2, 0) is 14.3 Å². The molecule has 0 aliphatic heterocycles. The van der Waals surface area contributed by atoms with Gasteiger partial charge in [-0.1, -0.05) is 18.2 Å². The smallest absolute Gasteiger partial charge is 0.332 e. The maximum absolute atomic E-state index is 12.1. The van der Waals surface area contributed by atoms with Crippen LogP contribution in [0, 0.1) is 0 Å². The van der Waals surface area contributed by atoms with Crippen LogP contribution in [0.1, 0.15) is 20.8 Å². The van der Waals surface area contributed by atoms with E-state index in [1.807, 2.05) is 44.2 Å². The van der Waals surface area contributed by atoms with E-state index in [9.17, 15) is 9.59 Å². The van der Waals surface area contributed by atoms with E-state index < -0.39 is 12.1 Å². The number of hydrogen-bond acceptors (Lipinski definition) is 3. The Bertz CT molecular complexity index is 430. The van der Waals surface area contributed by atoms with Gasteiger partial charge in [0.2, 0.25) is 0 Å². The molecular weight excluding hydrogens is 246 g/mol. The van der Waals surface area contributed by atoms with Crippen LogP contribution in [-0.4, -0.2) is 35.7 Å². The van der Waals surface area contributed by atoms with Gasteiger partial charge in [-0.3, -0.25) is 4.79 Å². The number of aliphatic carboxylic acids is 1. The van der Waals surface area contributed by atoms with Crippen LogP contribution in [0.3, 0.4) is 0 Å². The summed E-state index contributed by atoms with van der Waals surface area (Å²) in [7, 11) is 0. The Hall–Kier alpha value is -1.88. The molecule has 0 bridgehead atoms. The third kappa shape index (κ3) is 4.37. The Morgan fingerprint density at radius 1 is 1.21 bits per heavy atom. The Morgan fingerprint density at radius 2 is 1.79 bits per heavy atom. The largest absolute Gasteiger partial charge is 0.479 e. The van der Waals surface area contributed by atoms with Gasteiger partial charge in [0, 0.05) is 11.7 Å². The second kappa shape index (κ2) is 6.89. The topological polar surface area (TPSA) is 66.8 Å².